The first-order valence-corrected chi connectivity index (χ1v) is 7.78. The molecule has 16 heavy (non-hydrogen) atoms. The molecule has 0 spiro atoms. The van der Waals surface area contributed by atoms with Crippen LogP contribution in [0.4, 0.5) is 0 Å². The maximum atomic E-state index is 6.32. The molecule has 1 aromatic heterocycles. The Kier molecular flexibility index (Phi) is 6.62. The summed E-state index contributed by atoms with van der Waals surface area (Å²) in [7, 11) is 0. The summed E-state index contributed by atoms with van der Waals surface area (Å²) in [6.45, 7) is 4.49. The largest absolute Gasteiger partial charge is 0.327 e. The summed E-state index contributed by atoms with van der Waals surface area (Å²) in [5.74, 6) is 0.691. The van der Waals surface area contributed by atoms with E-state index in [0.717, 1.165) is 6.42 Å². The van der Waals surface area contributed by atoms with Crippen LogP contribution in [0.25, 0.3) is 0 Å². The van der Waals surface area contributed by atoms with Crippen molar-refractivity contribution in [3.8, 4) is 0 Å². The van der Waals surface area contributed by atoms with Gasteiger partial charge in [-0.25, -0.2) is 0 Å². The molecule has 0 aliphatic carbocycles. The summed E-state index contributed by atoms with van der Waals surface area (Å²) >= 11 is 5.30. The fourth-order valence-corrected chi connectivity index (χ4v) is 3.73. The lowest BCUT2D eigenvalue weighted by Gasteiger charge is -2.22. The fraction of sp³-hybridized carbons (Fsp3) is 0.692. The molecule has 1 heterocycles. The minimum absolute atomic E-state index is 0.324. The van der Waals surface area contributed by atoms with Crippen molar-refractivity contribution in [2.24, 2.45) is 11.7 Å². The molecule has 0 aliphatic heterocycles. The number of hydrogen-bond acceptors (Lipinski definition) is 2. The highest BCUT2D eigenvalue weighted by atomic mass is 79.9. The molecule has 0 amide bonds. The van der Waals surface area contributed by atoms with Gasteiger partial charge < -0.3 is 5.73 Å². The molecular weight excluding hydrogens is 282 g/mol. The number of halogens is 1. The molecule has 92 valence electrons. The van der Waals surface area contributed by atoms with E-state index in [9.17, 15) is 0 Å². The van der Waals surface area contributed by atoms with Crippen LogP contribution in [0.2, 0.25) is 0 Å². The predicted molar refractivity (Wildman–Crippen MR) is 77.0 cm³/mol. The van der Waals surface area contributed by atoms with Crippen LogP contribution in [-0.2, 0) is 6.42 Å². The van der Waals surface area contributed by atoms with Crippen molar-refractivity contribution < 1.29 is 0 Å². The van der Waals surface area contributed by atoms with E-state index in [1.165, 1.54) is 34.3 Å². The molecule has 3 heteroatoms. The first kappa shape index (κ1) is 14.2. The molecule has 1 unspecified atom stereocenters. The van der Waals surface area contributed by atoms with Crippen molar-refractivity contribution in [1.29, 1.82) is 0 Å². The van der Waals surface area contributed by atoms with Crippen molar-refractivity contribution in [3.63, 3.8) is 0 Å². The maximum absolute atomic E-state index is 6.32. The van der Waals surface area contributed by atoms with Gasteiger partial charge in [0.25, 0.3) is 0 Å². The number of hydrogen-bond donors (Lipinski definition) is 1. The minimum atomic E-state index is 0.324. The lowest BCUT2D eigenvalue weighted by atomic mass is 9.89. The molecule has 0 radical (unpaired) electrons. The molecule has 1 atom stereocenters. The second kappa shape index (κ2) is 7.46. The van der Waals surface area contributed by atoms with Crippen LogP contribution >= 0.6 is 27.3 Å². The molecule has 2 N–H and O–H groups in total. The molecule has 1 rings (SSSR count). The summed E-state index contributed by atoms with van der Waals surface area (Å²) in [6.07, 6.45) is 6.04. The SMILES string of the molecule is CCCC(CCC)C(N)Cc1ccc(Br)s1. The summed E-state index contributed by atoms with van der Waals surface area (Å²) in [5, 5.41) is 0. The smallest absolute Gasteiger partial charge is 0.0701 e. The molecule has 0 aliphatic rings. The minimum Gasteiger partial charge on any atom is -0.327 e. The van der Waals surface area contributed by atoms with Crippen LogP contribution in [0.5, 0.6) is 0 Å². The van der Waals surface area contributed by atoms with E-state index in [1.807, 2.05) is 0 Å². The highest BCUT2D eigenvalue weighted by Crippen LogP contribution is 2.26. The van der Waals surface area contributed by atoms with Gasteiger partial charge in [-0.2, -0.15) is 0 Å². The quantitative estimate of drug-likeness (QED) is 0.783. The lowest BCUT2D eigenvalue weighted by Crippen LogP contribution is -2.32. The zero-order chi connectivity index (χ0) is 12.0. The predicted octanol–water partition coefficient (Wildman–Crippen LogP) is 4.60. The number of nitrogens with two attached hydrogens (primary N) is 1. The molecule has 0 fully saturated rings. The van der Waals surface area contributed by atoms with Gasteiger partial charge in [0.2, 0.25) is 0 Å². The van der Waals surface area contributed by atoms with Crippen LogP contribution in [-0.4, -0.2) is 6.04 Å². The van der Waals surface area contributed by atoms with E-state index in [-0.39, 0.29) is 0 Å². The zero-order valence-electron chi connectivity index (χ0n) is 10.2. The number of thiophene rings is 1. The Balaban J connectivity index is 2.50. The van der Waals surface area contributed by atoms with Gasteiger partial charge >= 0.3 is 0 Å². The van der Waals surface area contributed by atoms with E-state index < -0.39 is 0 Å². The molecule has 0 saturated carbocycles. The molecule has 1 aromatic rings. The van der Waals surface area contributed by atoms with E-state index >= 15 is 0 Å². The third kappa shape index (κ3) is 4.56. The molecular formula is C13H22BrNS. The molecule has 0 aromatic carbocycles. The van der Waals surface area contributed by atoms with Crippen molar-refractivity contribution in [3.05, 3.63) is 20.8 Å². The van der Waals surface area contributed by atoms with Gasteiger partial charge in [-0.3, -0.25) is 0 Å². The van der Waals surface area contributed by atoms with Gasteiger partial charge in [-0.1, -0.05) is 26.7 Å². The Morgan fingerprint density at radius 2 is 1.88 bits per heavy atom. The van der Waals surface area contributed by atoms with Crippen LogP contribution in [0, 0.1) is 5.92 Å². The third-order valence-corrected chi connectivity index (χ3v) is 4.64. The van der Waals surface area contributed by atoms with Gasteiger partial charge in [0.05, 0.1) is 3.79 Å². The summed E-state index contributed by atoms with van der Waals surface area (Å²) in [6, 6.07) is 4.62. The highest BCUT2D eigenvalue weighted by molar-refractivity contribution is 9.11. The van der Waals surface area contributed by atoms with Gasteiger partial charge in [-0.15, -0.1) is 11.3 Å². The molecule has 0 saturated heterocycles. The molecule has 0 bridgehead atoms. The standard InChI is InChI=1S/C13H22BrNS/c1-3-5-10(6-4-2)12(15)9-11-7-8-13(14)16-11/h7-8,10,12H,3-6,9,15H2,1-2H3. The third-order valence-electron chi connectivity index (χ3n) is 2.99. The highest BCUT2D eigenvalue weighted by Gasteiger charge is 2.17. The van der Waals surface area contributed by atoms with Crippen molar-refractivity contribution in [2.75, 3.05) is 0 Å². The summed E-state index contributed by atoms with van der Waals surface area (Å²) < 4.78 is 1.21. The second-order valence-corrected chi connectivity index (χ2v) is 6.96. The Hall–Kier alpha value is 0.140. The Morgan fingerprint density at radius 1 is 1.25 bits per heavy atom. The van der Waals surface area contributed by atoms with Crippen LogP contribution in [0.1, 0.15) is 44.4 Å². The van der Waals surface area contributed by atoms with Crippen molar-refractivity contribution in [2.45, 2.75) is 52.0 Å². The Morgan fingerprint density at radius 3 is 2.31 bits per heavy atom. The van der Waals surface area contributed by atoms with E-state index in [4.69, 9.17) is 5.73 Å². The topological polar surface area (TPSA) is 26.0 Å². The average Bonchev–Trinajstić information content (AvgIpc) is 2.63. The fourth-order valence-electron chi connectivity index (χ4n) is 2.17. The van der Waals surface area contributed by atoms with Gasteiger partial charge in [0.1, 0.15) is 0 Å². The first-order valence-electron chi connectivity index (χ1n) is 6.17. The first-order chi connectivity index (χ1) is 7.67. The van der Waals surface area contributed by atoms with Crippen molar-refractivity contribution in [1.82, 2.24) is 0 Å². The van der Waals surface area contributed by atoms with Gasteiger partial charge in [0.15, 0.2) is 0 Å². The van der Waals surface area contributed by atoms with Crippen LogP contribution in [0.3, 0.4) is 0 Å². The normalized spacial score (nSPS) is 13.3. The van der Waals surface area contributed by atoms with Crippen molar-refractivity contribution >= 4 is 27.3 Å². The van der Waals surface area contributed by atoms with E-state index in [0.29, 0.717) is 12.0 Å². The summed E-state index contributed by atoms with van der Waals surface area (Å²) in [5.41, 5.74) is 6.32. The van der Waals surface area contributed by atoms with Crippen LogP contribution in [0.15, 0.2) is 15.9 Å². The van der Waals surface area contributed by atoms with Gasteiger partial charge in [0, 0.05) is 10.9 Å². The zero-order valence-corrected chi connectivity index (χ0v) is 12.6. The Labute approximate surface area is 112 Å². The summed E-state index contributed by atoms with van der Waals surface area (Å²) in [4.78, 5) is 1.40. The maximum Gasteiger partial charge on any atom is 0.0701 e. The van der Waals surface area contributed by atoms with E-state index in [2.05, 4.69) is 41.9 Å². The lowest BCUT2D eigenvalue weighted by molar-refractivity contribution is 0.361. The average molecular weight is 304 g/mol. The molecule has 1 nitrogen and oxygen atoms in total. The Bertz CT molecular complexity index is 292. The monoisotopic (exact) mass is 303 g/mol. The van der Waals surface area contributed by atoms with E-state index in [1.54, 1.807) is 11.3 Å². The van der Waals surface area contributed by atoms with Crippen LogP contribution < -0.4 is 5.73 Å². The second-order valence-electron chi connectivity index (χ2n) is 4.41. The van der Waals surface area contributed by atoms with Gasteiger partial charge in [-0.05, 0) is 53.2 Å². The number of rotatable bonds is 7.